The molecule has 17 heavy (non-hydrogen) atoms. The maximum atomic E-state index is 11.6. The molecule has 0 bridgehead atoms. The molecule has 0 amide bonds. The molecule has 0 aliphatic carbocycles. The van der Waals surface area contributed by atoms with E-state index in [1.807, 2.05) is 19.6 Å². The molecule has 0 fully saturated rings. The standard InChI is InChI=1S/C12H13NO3Si/c1-17(2,3)12(14)9-8-10-6-4-5-7-11(10)13(15)16/h4-7H,1-3H3. The molecule has 88 valence electrons. The summed E-state index contributed by atoms with van der Waals surface area (Å²) < 4.78 is 0. The lowest BCUT2D eigenvalue weighted by molar-refractivity contribution is -0.385. The molecule has 0 saturated carbocycles. The number of para-hydroxylation sites is 1. The molecular weight excluding hydrogens is 234 g/mol. The SMILES string of the molecule is C[Si](C)(C)C(=O)C#Cc1ccccc1[N+](=O)[O-]. The van der Waals surface area contributed by atoms with Crippen LogP contribution in [-0.4, -0.2) is 18.4 Å². The van der Waals surface area contributed by atoms with Crippen molar-refractivity contribution in [2.24, 2.45) is 0 Å². The number of carbonyl (C=O) groups is 1. The lowest BCUT2D eigenvalue weighted by atomic mass is 10.2. The zero-order valence-corrected chi connectivity index (χ0v) is 11.0. The highest BCUT2D eigenvalue weighted by Crippen LogP contribution is 2.16. The van der Waals surface area contributed by atoms with Crippen molar-refractivity contribution >= 4 is 19.2 Å². The van der Waals surface area contributed by atoms with Crippen LogP contribution in [0, 0.1) is 22.0 Å². The van der Waals surface area contributed by atoms with Gasteiger partial charge in [0.15, 0.2) is 5.41 Å². The summed E-state index contributed by atoms with van der Waals surface area (Å²) in [5, 5.41) is 10.6. The number of hydrogen-bond acceptors (Lipinski definition) is 3. The molecule has 0 unspecified atom stereocenters. The van der Waals surface area contributed by atoms with Gasteiger partial charge in [-0.25, -0.2) is 0 Å². The summed E-state index contributed by atoms with van der Waals surface area (Å²) >= 11 is 0. The van der Waals surface area contributed by atoms with Crippen LogP contribution in [0.4, 0.5) is 5.69 Å². The van der Waals surface area contributed by atoms with Crippen LogP contribution in [-0.2, 0) is 4.79 Å². The molecule has 0 spiro atoms. The number of nitro groups is 1. The summed E-state index contributed by atoms with van der Waals surface area (Å²) in [4.78, 5) is 21.9. The molecule has 4 nitrogen and oxygen atoms in total. The van der Waals surface area contributed by atoms with Gasteiger partial charge in [0.05, 0.1) is 4.92 Å². The Balaban J connectivity index is 3.09. The van der Waals surface area contributed by atoms with Crippen LogP contribution in [0.15, 0.2) is 24.3 Å². The van der Waals surface area contributed by atoms with Gasteiger partial charge in [0.2, 0.25) is 0 Å². The first-order chi connectivity index (χ1) is 7.82. The number of nitro benzene ring substituents is 1. The minimum Gasteiger partial charge on any atom is -0.291 e. The van der Waals surface area contributed by atoms with E-state index < -0.39 is 13.0 Å². The lowest BCUT2D eigenvalue weighted by Gasteiger charge is -2.07. The van der Waals surface area contributed by atoms with Gasteiger partial charge < -0.3 is 0 Å². The van der Waals surface area contributed by atoms with Gasteiger partial charge in [-0.05, 0) is 12.0 Å². The Hall–Kier alpha value is -1.93. The third-order valence-corrected chi connectivity index (χ3v) is 3.58. The molecule has 0 aliphatic heterocycles. The topological polar surface area (TPSA) is 60.2 Å². The van der Waals surface area contributed by atoms with E-state index in [4.69, 9.17) is 0 Å². The van der Waals surface area contributed by atoms with Crippen molar-refractivity contribution in [3.63, 3.8) is 0 Å². The highest BCUT2D eigenvalue weighted by Gasteiger charge is 2.22. The van der Waals surface area contributed by atoms with Crippen molar-refractivity contribution < 1.29 is 9.72 Å². The Morgan fingerprint density at radius 2 is 1.88 bits per heavy atom. The Morgan fingerprint density at radius 1 is 1.29 bits per heavy atom. The summed E-state index contributed by atoms with van der Waals surface area (Å²) in [6.45, 7) is 5.68. The molecule has 0 atom stereocenters. The van der Waals surface area contributed by atoms with Crippen molar-refractivity contribution in [3.05, 3.63) is 39.9 Å². The quantitative estimate of drug-likeness (QED) is 0.349. The van der Waals surface area contributed by atoms with E-state index >= 15 is 0 Å². The normalized spacial score (nSPS) is 10.3. The fourth-order valence-electron chi connectivity index (χ4n) is 1.05. The number of benzene rings is 1. The third kappa shape index (κ3) is 3.54. The van der Waals surface area contributed by atoms with Crippen LogP contribution < -0.4 is 0 Å². The molecule has 1 aromatic rings. The molecule has 0 radical (unpaired) electrons. The van der Waals surface area contributed by atoms with Gasteiger partial charge in [-0.2, -0.15) is 0 Å². The van der Waals surface area contributed by atoms with E-state index in [0.29, 0.717) is 0 Å². The first kappa shape index (κ1) is 13.1. The molecular formula is C12H13NO3Si. The van der Waals surface area contributed by atoms with E-state index in [9.17, 15) is 14.9 Å². The van der Waals surface area contributed by atoms with Crippen molar-refractivity contribution in [2.75, 3.05) is 0 Å². The molecule has 1 rings (SSSR count). The predicted octanol–water partition coefficient (Wildman–Crippen LogP) is 2.39. The van der Waals surface area contributed by atoms with E-state index in [0.717, 1.165) is 0 Å². The second kappa shape index (κ2) is 4.93. The number of hydrogen-bond donors (Lipinski definition) is 0. The van der Waals surface area contributed by atoms with Crippen molar-refractivity contribution in [2.45, 2.75) is 19.6 Å². The maximum absolute atomic E-state index is 11.6. The summed E-state index contributed by atoms with van der Waals surface area (Å²) in [6, 6.07) is 6.16. The largest absolute Gasteiger partial charge is 0.291 e. The number of rotatable bonds is 2. The van der Waals surface area contributed by atoms with Gasteiger partial charge in [0, 0.05) is 6.07 Å². The molecule has 0 saturated heterocycles. The average Bonchev–Trinajstić information content (AvgIpc) is 2.24. The molecule has 0 aliphatic rings. The van der Waals surface area contributed by atoms with Gasteiger partial charge in [-0.3, -0.25) is 14.9 Å². The van der Waals surface area contributed by atoms with E-state index in [1.165, 1.54) is 6.07 Å². The lowest BCUT2D eigenvalue weighted by Crippen LogP contribution is -2.31. The maximum Gasteiger partial charge on any atom is 0.284 e. The van der Waals surface area contributed by atoms with Crippen LogP contribution in [0.2, 0.25) is 19.6 Å². The minimum absolute atomic E-state index is 0.0663. The highest BCUT2D eigenvalue weighted by molar-refractivity contribution is 7.05. The Kier molecular flexibility index (Phi) is 3.81. The first-order valence-corrected chi connectivity index (χ1v) is 8.62. The zero-order chi connectivity index (χ0) is 13.1. The molecule has 0 N–H and O–H groups in total. The summed E-state index contributed by atoms with van der Waals surface area (Å²) in [6.07, 6.45) is 0. The van der Waals surface area contributed by atoms with E-state index in [1.54, 1.807) is 18.2 Å². The Labute approximate surface area is 101 Å². The second-order valence-electron chi connectivity index (χ2n) is 4.60. The number of carbonyl (C=O) groups excluding carboxylic acids is 1. The minimum atomic E-state index is -1.94. The van der Waals surface area contributed by atoms with Gasteiger partial charge >= 0.3 is 0 Å². The monoisotopic (exact) mass is 247 g/mol. The smallest absolute Gasteiger partial charge is 0.284 e. The van der Waals surface area contributed by atoms with Crippen LogP contribution in [0.25, 0.3) is 0 Å². The summed E-state index contributed by atoms with van der Waals surface area (Å²) in [5.74, 6) is 5.10. The molecule has 0 aromatic heterocycles. The first-order valence-electron chi connectivity index (χ1n) is 5.12. The van der Waals surface area contributed by atoms with E-state index in [2.05, 4.69) is 11.8 Å². The van der Waals surface area contributed by atoms with Crippen molar-refractivity contribution in [1.29, 1.82) is 0 Å². The van der Waals surface area contributed by atoms with Crippen molar-refractivity contribution in [1.82, 2.24) is 0 Å². The average molecular weight is 247 g/mol. The molecule has 5 heteroatoms. The zero-order valence-electron chi connectivity index (χ0n) is 9.98. The fraction of sp³-hybridized carbons (Fsp3) is 0.250. The van der Waals surface area contributed by atoms with Crippen LogP contribution in [0.5, 0.6) is 0 Å². The van der Waals surface area contributed by atoms with Crippen LogP contribution in [0.3, 0.4) is 0 Å². The molecule has 1 aromatic carbocycles. The Bertz CT molecular complexity index is 521. The molecule has 0 heterocycles. The third-order valence-electron chi connectivity index (χ3n) is 2.09. The van der Waals surface area contributed by atoms with Crippen molar-refractivity contribution in [3.8, 4) is 11.8 Å². The Morgan fingerprint density at radius 3 is 2.41 bits per heavy atom. The highest BCUT2D eigenvalue weighted by atomic mass is 28.3. The number of nitrogens with zero attached hydrogens (tertiary/aromatic N) is 1. The van der Waals surface area contributed by atoms with Gasteiger partial charge in [0.1, 0.15) is 13.6 Å². The van der Waals surface area contributed by atoms with Gasteiger partial charge in [-0.15, -0.1) is 0 Å². The summed E-state index contributed by atoms with van der Waals surface area (Å²) in [5.41, 5.74) is 0.215. The fourth-order valence-corrected chi connectivity index (χ4v) is 1.49. The summed E-state index contributed by atoms with van der Waals surface area (Å²) in [7, 11) is -1.94. The van der Waals surface area contributed by atoms with Crippen LogP contribution in [0.1, 0.15) is 5.56 Å². The van der Waals surface area contributed by atoms with Crippen LogP contribution >= 0.6 is 0 Å². The van der Waals surface area contributed by atoms with Gasteiger partial charge in [-0.1, -0.05) is 37.7 Å². The van der Waals surface area contributed by atoms with Gasteiger partial charge in [0.25, 0.3) is 5.69 Å². The predicted molar refractivity (Wildman–Crippen MR) is 68.3 cm³/mol. The second-order valence-corrected chi connectivity index (χ2v) is 9.56. The van der Waals surface area contributed by atoms with E-state index in [-0.39, 0.29) is 16.7 Å².